The van der Waals surface area contributed by atoms with Gasteiger partial charge in [0.1, 0.15) is 5.60 Å². The molecule has 124 valence electrons. The van der Waals surface area contributed by atoms with Gasteiger partial charge in [0.05, 0.1) is 0 Å². The van der Waals surface area contributed by atoms with E-state index in [1.54, 1.807) is 0 Å². The summed E-state index contributed by atoms with van der Waals surface area (Å²) < 4.78 is 5.18. The fraction of sp³-hybridized carbons (Fsp3) is 0.938. The third kappa shape index (κ3) is 10.5. The van der Waals surface area contributed by atoms with Gasteiger partial charge in [0.25, 0.3) is 0 Å². The van der Waals surface area contributed by atoms with Crippen molar-refractivity contribution in [2.24, 2.45) is 0 Å². The molecule has 0 spiro atoms. The number of amides is 1. The monoisotopic (exact) mass is 299 g/mol. The van der Waals surface area contributed by atoms with Gasteiger partial charge < -0.3 is 20.3 Å². The van der Waals surface area contributed by atoms with Gasteiger partial charge >= 0.3 is 6.09 Å². The SMILES string of the molecule is CC(C)(C)OC(=O)NCCCNCCN1CCCCCC1. The average Bonchev–Trinajstić information content (AvgIpc) is 2.64. The van der Waals surface area contributed by atoms with Crippen LogP contribution in [-0.4, -0.2) is 55.9 Å². The van der Waals surface area contributed by atoms with Crippen LogP contribution in [0, 0.1) is 0 Å². The van der Waals surface area contributed by atoms with E-state index in [2.05, 4.69) is 15.5 Å². The normalized spacial score (nSPS) is 17.3. The summed E-state index contributed by atoms with van der Waals surface area (Å²) in [6, 6.07) is 0. The van der Waals surface area contributed by atoms with Crippen LogP contribution in [0.3, 0.4) is 0 Å². The van der Waals surface area contributed by atoms with Crippen molar-refractivity contribution in [1.29, 1.82) is 0 Å². The van der Waals surface area contributed by atoms with E-state index in [4.69, 9.17) is 4.74 Å². The first-order chi connectivity index (χ1) is 9.97. The molecule has 0 saturated carbocycles. The molecule has 5 heteroatoms. The molecule has 0 unspecified atom stereocenters. The van der Waals surface area contributed by atoms with Gasteiger partial charge in [-0.2, -0.15) is 0 Å². The molecule has 21 heavy (non-hydrogen) atoms. The molecule has 1 aliphatic rings. The van der Waals surface area contributed by atoms with Crippen LogP contribution >= 0.6 is 0 Å². The number of carbonyl (C=O) groups excluding carboxylic acids is 1. The smallest absolute Gasteiger partial charge is 0.407 e. The second kappa shape index (κ2) is 10.0. The van der Waals surface area contributed by atoms with Crippen molar-refractivity contribution >= 4 is 6.09 Å². The molecule has 1 aliphatic heterocycles. The van der Waals surface area contributed by atoms with E-state index in [1.807, 2.05) is 20.8 Å². The Labute approximate surface area is 129 Å². The summed E-state index contributed by atoms with van der Waals surface area (Å²) in [5, 5.41) is 6.22. The molecule has 0 aliphatic carbocycles. The topological polar surface area (TPSA) is 53.6 Å². The second-order valence-corrected chi connectivity index (χ2v) is 6.79. The lowest BCUT2D eigenvalue weighted by atomic mass is 10.2. The van der Waals surface area contributed by atoms with E-state index < -0.39 is 5.60 Å². The summed E-state index contributed by atoms with van der Waals surface area (Å²) in [7, 11) is 0. The van der Waals surface area contributed by atoms with E-state index in [0.29, 0.717) is 6.54 Å². The number of alkyl carbamates (subject to hydrolysis) is 1. The second-order valence-electron chi connectivity index (χ2n) is 6.79. The zero-order valence-electron chi connectivity index (χ0n) is 14.0. The maximum Gasteiger partial charge on any atom is 0.407 e. The lowest BCUT2D eigenvalue weighted by molar-refractivity contribution is 0.0527. The Morgan fingerprint density at radius 1 is 1.05 bits per heavy atom. The number of nitrogens with zero attached hydrogens (tertiary/aromatic N) is 1. The van der Waals surface area contributed by atoms with Crippen molar-refractivity contribution in [3.8, 4) is 0 Å². The summed E-state index contributed by atoms with van der Waals surface area (Å²) in [5.74, 6) is 0. The standard InChI is InChI=1S/C16H33N3O2/c1-16(2,3)21-15(20)18-10-8-9-17-11-14-19-12-6-4-5-7-13-19/h17H,4-14H2,1-3H3,(H,18,20). The first-order valence-electron chi connectivity index (χ1n) is 8.37. The Morgan fingerprint density at radius 2 is 1.71 bits per heavy atom. The maximum atomic E-state index is 11.4. The molecule has 1 fully saturated rings. The highest BCUT2D eigenvalue weighted by Gasteiger charge is 2.15. The number of nitrogens with one attached hydrogen (secondary N) is 2. The average molecular weight is 299 g/mol. The molecule has 2 N–H and O–H groups in total. The summed E-state index contributed by atoms with van der Waals surface area (Å²) in [5.41, 5.74) is -0.421. The summed E-state index contributed by atoms with van der Waals surface area (Å²) in [4.78, 5) is 14.0. The predicted octanol–water partition coefficient (Wildman–Crippen LogP) is 2.37. The van der Waals surface area contributed by atoms with Crippen molar-refractivity contribution in [1.82, 2.24) is 15.5 Å². The molecule has 0 radical (unpaired) electrons. The fourth-order valence-electron chi connectivity index (χ4n) is 2.44. The summed E-state index contributed by atoms with van der Waals surface area (Å²) >= 11 is 0. The van der Waals surface area contributed by atoms with Gasteiger partial charge in [0.2, 0.25) is 0 Å². The van der Waals surface area contributed by atoms with Crippen LogP contribution in [0.4, 0.5) is 4.79 Å². The lowest BCUT2D eigenvalue weighted by Gasteiger charge is -2.20. The van der Waals surface area contributed by atoms with Crippen LogP contribution in [-0.2, 0) is 4.74 Å². The van der Waals surface area contributed by atoms with Crippen molar-refractivity contribution < 1.29 is 9.53 Å². The Balaban J connectivity index is 1.91. The summed E-state index contributed by atoms with van der Waals surface area (Å²) in [6.45, 7) is 11.9. The minimum absolute atomic E-state index is 0.327. The molecular weight excluding hydrogens is 266 g/mol. The quantitative estimate of drug-likeness (QED) is 0.709. The minimum atomic E-state index is -0.421. The van der Waals surface area contributed by atoms with E-state index in [0.717, 1.165) is 26.1 Å². The van der Waals surface area contributed by atoms with Crippen molar-refractivity contribution in [3.05, 3.63) is 0 Å². The van der Waals surface area contributed by atoms with Gasteiger partial charge in [-0.1, -0.05) is 12.8 Å². The van der Waals surface area contributed by atoms with Crippen LogP contribution in [0.1, 0.15) is 52.9 Å². The highest BCUT2D eigenvalue weighted by atomic mass is 16.6. The number of likely N-dealkylation sites (tertiary alicyclic amines) is 1. The Hall–Kier alpha value is -0.810. The number of rotatable bonds is 7. The van der Waals surface area contributed by atoms with Crippen LogP contribution < -0.4 is 10.6 Å². The van der Waals surface area contributed by atoms with Gasteiger partial charge in [-0.25, -0.2) is 4.79 Å². The van der Waals surface area contributed by atoms with E-state index >= 15 is 0 Å². The Bertz CT molecular complexity index is 282. The predicted molar refractivity (Wildman–Crippen MR) is 86.6 cm³/mol. The van der Waals surface area contributed by atoms with Gasteiger partial charge in [0, 0.05) is 19.6 Å². The van der Waals surface area contributed by atoms with Crippen LogP contribution in [0.2, 0.25) is 0 Å². The first-order valence-corrected chi connectivity index (χ1v) is 8.37. The van der Waals surface area contributed by atoms with Crippen LogP contribution in [0.15, 0.2) is 0 Å². The lowest BCUT2D eigenvalue weighted by Crippen LogP contribution is -2.35. The Morgan fingerprint density at radius 3 is 2.33 bits per heavy atom. The number of ether oxygens (including phenoxy) is 1. The largest absolute Gasteiger partial charge is 0.444 e. The molecule has 0 aromatic rings. The zero-order chi connectivity index (χ0) is 15.6. The molecule has 0 aromatic carbocycles. The molecule has 1 heterocycles. The van der Waals surface area contributed by atoms with Gasteiger partial charge in [-0.3, -0.25) is 0 Å². The van der Waals surface area contributed by atoms with Gasteiger partial charge in [-0.15, -0.1) is 0 Å². The van der Waals surface area contributed by atoms with E-state index in [-0.39, 0.29) is 6.09 Å². The van der Waals surface area contributed by atoms with Gasteiger partial charge in [-0.05, 0) is 59.7 Å². The molecule has 1 saturated heterocycles. The van der Waals surface area contributed by atoms with E-state index in [9.17, 15) is 4.79 Å². The van der Waals surface area contributed by atoms with Crippen LogP contribution in [0.25, 0.3) is 0 Å². The highest BCUT2D eigenvalue weighted by Crippen LogP contribution is 2.08. The number of hydrogen-bond donors (Lipinski definition) is 2. The molecule has 1 rings (SSSR count). The zero-order valence-corrected chi connectivity index (χ0v) is 14.0. The number of carbonyl (C=O) groups is 1. The van der Waals surface area contributed by atoms with Gasteiger partial charge in [0.15, 0.2) is 0 Å². The van der Waals surface area contributed by atoms with Crippen molar-refractivity contribution in [2.75, 3.05) is 39.3 Å². The van der Waals surface area contributed by atoms with Crippen molar-refractivity contribution in [3.63, 3.8) is 0 Å². The highest BCUT2D eigenvalue weighted by molar-refractivity contribution is 5.67. The summed E-state index contributed by atoms with van der Waals surface area (Å²) in [6.07, 6.45) is 6.08. The molecule has 0 bridgehead atoms. The minimum Gasteiger partial charge on any atom is -0.444 e. The number of hydrogen-bond acceptors (Lipinski definition) is 4. The molecule has 5 nitrogen and oxygen atoms in total. The molecule has 0 atom stereocenters. The third-order valence-corrected chi connectivity index (χ3v) is 3.50. The third-order valence-electron chi connectivity index (χ3n) is 3.50. The molecule has 1 amide bonds. The fourth-order valence-corrected chi connectivity index (χ4v) is 2.44. The van der Waals surface area contributed by atoms with Crippen molar-refractivity contribution in [2.45, 2.75) is 58.5 Å². The van der Waals surface area contributed by atoms with E-state index in [1.165, 1.54) is 38.8 Å². The molecular formula is C16H33N3O2. The molecule has 0 aromatic heterocycles. The Kier molecular flexibility index (Phi) is 8.69. The van der Waals surface area contributed by atoms with Crippen LogP contribution in [0.5, 0.6) is 0 Å². The first kappa shape index (κ1) is 18.2. The maximum absolute atomic E-state index is 11.4.